The molecule has 1 heterocycles. The molecule has 0 unspecified atom stereocenters. The van der Waals surface area contributed by atoms with Gasteiger partial charge in [-0.15, -0.1) is 0 Å². The molecule has 0 aliphatic heterocycles. The molecule has 0 fully saturated rings. The maximum absolute atomic E-state index is 13.4. The molecule has 0 atom stereocenters. The Hall–Kier alpha value is -4.25. The van der Waals surface area contributed by atoms with Gasteiger partial charge in [-0.25, -0.2) is 13.8 Å². The Bertz CT molecular complexity index is 1630. The van der Waals surface area contributed by atoms with Crippen LogP contribution in [0.1, 0.15) is 28.2 Å². The second kappa shape index (κ2) is 12.7. The third-order valence-electron chi connectivity index (χ3n) is 5.87. The lowest BCUT2D eigenvalue weighted by molar-refractivity contribution is -0.136. The van der Waals surface area contributed by atoms with E-state index < -0.39 is 21.8 Å². The summed E-state index contributed by atoms with van der Waals surface area (Å²) in [6.45, 7) is 3.73. The number of sulfonamides is 1. The fourth-order valence-electron chi connectivity index (χ4n) is 3.74. The SMILES string of the molecule is Cc1ccc(C)c(NC(=O)C(=O)N/N=C/c2ccc(CN(Cc3ccc(Cl)cc3)S(=O)(=O)c3ccccc3)o2)c1. The number of nitrogens with zero attached hydrogens (tertiary/aromatic N) is 2. The zero-order valence-electron chi connectivity index (χ0n) is 21.8. The van der Waals surface area contributed by atoms with Gasteiger partial charge < -0.3 is 9.73 Å². The Morgan fingerprint density at radius 2 is 1.65 bits per heavy atom. The van der Waals surface area contributed by atoms with Crippen LogP contribution in [0.25, 0.3) is 0 Å². The topological polar surface area (TPSA) is 121 Å². The molecule has 11 heteroatoms. The number of hydrogen-bond acceptors (Lipinski definition) is 6. The van der Waals surface area contributed by atoms with E-state index in [2.05, 4.69) is 15.8 Å². The van der Waals surface area contributed by atoms with Crippen molar-refractivity contribution in [2.75, 3.05) is 5.32 Å². The van der Waals surface area contributed by atoms with Gasteiger partial charge in [-0.2, -0.15) is 9.41 Å². The first-order chi connectivity index (χ1) is 19.1. The summed E-state index contributed by atoms with van der Waals surface area (Å²) in [7, 11) is -3.86. The normalized spacial score (nSPS) is 11.6. The van der Waals surface area contributed by atoms with Gasteiger partial charge >= 0.3 is 11.8 Å². The third kappa shape index (κ3) is 7.44. The summed E-state index contributed by atoms with van der Waals surface area (Å²) >= 11 is 5.99. The smallest absolute Gasteiger partial charge is 0.329 e. The van der Waals surface area contributed by atoms with Crippen LogP contribution in [0.2, 0.25) is 5.02 Å². The molecule has 40 heavy (non-hydrogen) atoms. The van der Waals surface area contributed by atoms with Gasteiger partial charge in [0, 0.05) is 17.3 Å². The van der Waals surface area contributed by atoms with E-state index in [9.17, 15) is 18.0 Å². The van der Waals surface area contributed by atoms with Gasteiger partial charge in [0.05, 0.1) is 17.7 Å². The molecule has 0 bridgehead atoms. The van der Waals surface area contributed by atoms with Crippen LogP contribution in [0.3, 0.4) is 0 Å². The van der Waals surface area contributed by atoms with Crippen molar-refractivity contribution in [3.8, 4) is 0 Å². The number of nitrogens with one attached hydrogen (secondary N) is 2. The highest BCUT2D eigenvalue weighted by atomic mass is 35.5. The molecule has 1 aromatic heterocycles. The fourth-order valence-corrected chi connectivity index (χ4v) is 5.28. The first kappa shape index (κ1) is 28.8. The lowest BCUT2D eigenvalue weighted by atomic mass is 10.1. The van der Waals surface area contributed by atoms with E-state index in [1.165, 1.54) is 22.7 Å². The van der Waals surface area contributed by atoms with Gasteiger partial charge in [0.1, 0.15) is 11.5 Å². The standard InChI is InChI=1S/C29H27ClN4O5S/c1-20-8-9-21(2)27(16-20)32-28(35)29(36)33-31-17-24-14-15-25(39-24)19-34(18-22-10-12-23(30)13-11-22)40(37,38)26-6-4-3-5-7-26/h3-17H,18-19H2,1-2H3,(H,32,35)(H,33,36)/b31-17+. The molecule has 0 radical (unpaired) electrons. The second-order valence-corrected chi connectivity index (χ2v) is 11.4. The lowest BCUT2D eigenvalue weighted by Gasteiger charge is -2.21. The van der Waals surface area contributed by atoms with Crippen LogP contribution in [-0.2, 0) is 32.7 Å². The Kier molecular flexibility index (Phi) is 9.15. The number of amides is 2. The summed E-state index contributed by atoms with van der Waals surface area (Å²) in [4.78, 5) is 24.6. The van der Waals surface area contributed by atoms with Crippen LogP contribution in [0.5, 0.6) is 0 Å². The summed E-state index contributed by atoms with van der Waals surface area (Å²) in [6, 6.07) is 23.7. The monoisotopic (exact) mass is 578 g/mol. The molecular formula is C29H27ClN4O5S. The fraction of sp³-hybridized carbons (Fsp3) is 0.138. The summed E-state index contributed by atoms with van der Waals surface area (Å²) < 4.78 is 33.9. The van der Waals surface area contributed by atoms with E-state index in [-0.39, 0.29) is 23.7 Å². The van der Waals surface area contributed by atoms with E-state index in [0.29, 0.717) is 16.5 Å². The first-order valence-corrected chi connectivity index (χ1v) is 14.0. The number of anilines is 1. The van der Waals surface area contributed by atoms with Crippen molar-refractivity contribution in [2.24, 2.45) is 5.10 Å². The Labute approximate surface area is 237 Å². The molecule has 2 N–H and O–H groups in total. The molecule has 0 aliphatic rings. The molecule has 0 saturated carbocycles. The maximum atomic E-state index is 13.4. The van der Waals surface area contributed by atoms with Crippen LogP contribution in [0, 0.1) is 13.8 Å². The first-order valence-electron chi connectivity index (χ1n) is 12.2. The summed E-state index contributed by atoms with van der Waals surface area (Å²) in [6.07, 6.45) is 1.22. The molecular weight excluding hydrogens is 552 g/mol. The van der Waals surface area contributed by atoms with Gasteiger partial charge in [0.25, 0.3) is 0 Å². The second-order valence-electron chi connectivity index (χ2n) is 8.99. The van der Waals surface area contributed by atoms with Crippen molar-refractivity contribution in [1.29, 1.82) is 0 Å². The minimum atomic E-state index is -3.86. The van der Waals surface area contributed by atoms with E-state index in [1.54, 1.807) is 60.7 Å². The van der Waals surface area contributed by atoms with Crippen LogP contribution < -0.4 is 10.7 Å². The number of hydrazone groups is 1. The lowest BCUT2D eigenvalue weighted by Crippen LogP contribution is -2.32. The molecule has 2 amide bonds. The van der Waals surface area contributed by atoms with E-state index in [0.717, 1.165) is 16.7 Å². The van der Waals surface area contributed by atoms with E-state index >= 15 is 0 Å². The number of aryl methyl sites for hydroxylation is 2. The van der Waals surface area contributed by atoms with Crippen LogP contribution in [0.4, 0.5) is 5.69 Å². The molecule has 0 saturated heterocycles. The third-order valence-corrected chi connectivity index (χ3v) is 7.93. The van der Waals surface area contributed by atoms with Gasteiger partial charge in [0.15, 0.2) is 0 Å². The van der Waals surface area contributed by atoms with Crippen molar-refractivity contribution in [2.45, 2.75) is 31.8 Å². The number of rotatable bonds is 9. The number of benzene rings is 3. The van der Waals surface area contributed by atoms with Crippen molar-refractivity contribution in [1.82, 2.24) is 9.73 Å². The van der Waals surface area contributed by atoms with Crippen LogP contribution >= 0.6 is 11.6 Å². The van der Waals surface area contributed by atoms with Crippen molar-refractivity contribution >= 4 is 45.3 Å². The quantitative estimate of drug-likeness (QED) is 0.164. The molecule has 4 rings (SSSR count). The number of carbonyl (C=O) groups is 2. The number of furan rings is 1. The van der Waals surface area contributed by atoms with Gasteiger partial charge in [-0.3, -0.25) is 9.59 Å². The minimum absolute atomic E-state index is 0.0572. The Morgan fingerprint density at radius 1 is 0.925 bits per heavy atom. The maximum Gasteiger partial charge on any atom is 0.329 e. The largest absolute Gasteiger partial charge is 0.459 e. The predicted molar refractivity (Wildman–Crippen MR) is 153 cm³/mol. The molecule has 4 aromatic rings. The van der Waals surface area contributed by atoms with Crippen molar-refractivity contribution < 1.29 is 22.4 Å². The molecule has 0 aliphatic carbocycles. The zero-order valence-corrected chi connectivity index (χ0v) is 23.4. The highest BCUT2D eigenvalue weighted by Crippen LogP contribution is 2.23. The van der Waals surface area contributed by atoms with Crippen LogP contribution in [0.15, 0.2) is 99.3 Å². The zero-order chi connectivity index (χ0) is 28.7. The van der Waals surface area contributed by atoms with Gasteiger partial charge in [-0.1, -0.05) is 54.1 Å². The Balaban J connectivity index is 1.43. The summed E-state index contributed by atoms with van der Waals surface area (Å²) in [5, 5.41) is 6.89. The molecule has 3 aromatic carbocycles. The Morgan fingerprint density at radius 3 is 2.38 bits per heavy atom. The van der Waals surface area contributed by atoms with Gasteiger partial charge in [0.2, 0.25) is 10.0 Å². The van der Waals surface area contributed by atoms with Crippen molar-refractivity contribution in [3.63, 3.8) is 0 Å². The summed E-state index contributed by atoms with van der Waals surface area (Å²) in [5.74, 6) is -1.20. The summed E-state index contributed by atoms with van der Waals surface area (Å²) in [5.41, 5.74) is 5.20. The average molecular weight is 579 g/mol. The van der Waals surface area contributed by atoms with E-state index in [4.69, 9.17) is 16.0 Å². The number of hydrogen-bond donors (Lipinski definition) is 2. The highest BCUT2D eigenvalue weighted by molar-refractivity contribution is 7.89. The number of halogens is 1. The van der Waals surface area contributed by atoms with Gasteiger partial charge in [-0.05, 0) is 73.0 Å². The highest BCUT2D eigenvalue weighted by Gasteiger charge is 2.26. The number of carbonyl (C=O) groups excluding carboxylic acids is 2. The van der Waals surface area contributed by atoms with E-state index in [1.807, 2.05) is 26.0 Å². The molecule has 0 spiro atoms. The molecule has 9 nitrogen and oxygen atoms in total. The minimum Gasteiger partial charge on any atom is -0.459 e. The predicted octanol–water partition coefficient (Wildman–Crippen LogP) is 5.03. The molecule has 206 valence electrons. The van der Waals surface area contributed by atoms with Crippen molar-refractivity contribution in [3.05, 3.63) is 118 Å². The van der Waals surface area contributed by atoms with Crippen LogP contribution in [-0.4, -0.2) is 30.8 Å². The average Bonchev–Trinajstić information content (AvgIpc) is 3.39.